The van der Waals surface area contributed by atoms with Crippen molar-refractivity contribution < 1.29 is 14.3 Å². The molecule has 1 rings (SSSR count). The quantitative estimate of drug-likeness (QED) is 0.776. The van der Waals surface area contributed by atoms with Crippen molar-refractivity contribution in [3.05, 3.63) is 0 Å². The molecule has 0 aliphatic carbocycles. The second kappa shape index (κ2) is 5.80. The lowest BCUT2D eigenvalue weighted by Gasteiger charge is -2.42. The Bertz CT molecular complexity index is 264. The monoisotopic (exact) mass is 244 g/mol. The van der Waals surface area contributed by atoms with Crippen LogP contribution in [0.15, 0.2) is 0 Å². The van der Waals surface area contributed by atoms with Gasteiger partial charge < -0.3 is 20.1 Å². The van der Waals surface area contributed by atoms with Crippen molar-refractivity contribution in [3.63, 3.8) is 0 Å². The maximum Gasteiger partial charge on any atom is 0.225 e. The van der Waals surface area contributed by atoms with Crippen LogP contribution in [0.25, 0.3) is 0 Å². The van der Waals surface area contributed by atoms with Crippen molar-refractivity contribution in [2.24, 2.45) is 5.73 Å². The zero-order valence-corrected chi connectivity index (χ0v) is 11.2. The summed E-state index contributed by atoms with van der Waals surface area (Å²) in [6, 6.07) is 0. The number of methoxy groups -OCH3 is 1. The Morgan fingerprint density at radius 2 is 2.29 bits per heavy atom. The van der Waals surface area contributed by atoms with Crippen LogP contribution < -0.4 is 5.73 Å². The summed E-state index contributed by atoms with van der Waals surface area (Å²) in [5.74, 6) is 0.0884. The van der Waals surface area contributed by atoms with E-state index in [1.165, 1.54) is 0 Å². The van der Waals surface area contributed by atoms with Crippen molar-refractivity contribution in [1.82, 2.24) is 4.90 Å². The summed E-state index contributed by atoms with van der Waals surface area (Å²) in [4.78, 5) is 13.9. The normalized spacial score (nSPS) is 25.7. The number of carbonyl (C=O) groups is 1. The fraction of sp³-hybridized carbons (Fsp3) is 0.917. The lowest BCUT2D eigenvalue weighted by Crippen LogP contribution is -2.54. The zero-order chi connectivity index (χ0) is 13.1. The summed E-state index contributed by atoms with van der Waals surface area (Å²) in [7, 11) is 1.58. The van der Waals surface area contributed by atoms with Crippen molar-refractivity contribution in [1.29, 1.82) is 0 Å². The Balaban J connectivity index is 2.56. The van der Waals surface area contributed by atoms with Gasteiger partial charge in [0, 0.05) is 26.7 Å². The molecule has 1 fully saturated rings. The summed E-state index contributed by atoms with van der Waals surface area (Å²) < 4.78 is 10.9. The van der Waals surface area contributed by atoms with Crippen molar-refractivity contribution in [3.8, 4) is 0 Å². The standard InChI is InChI=1S/C12H24N2O3/c1-9-7-14(8-12(2,3)17-9)11(15)5-10(6-13)16-4/h9-10H,5-8,13H2,1-4H3. The van der Waals surface area contributed by atoms with E-state index in [1.807, 2.05) is 25.7 Å². The minimum absolute atomic E-state index is 0.0709. The number of ether oxygens (including phenoxy) is 2. The van der Waals surface area contributed by atoms with E-state index in [2.05, 4.69) is 0 Å². The summed E-state index contributed by atoms with van der Waals surface area (Å²) in [6.45, 7) is 7.61. The van der Waals surface area contributed by atoms with Gasteiger partial charge in [0.25, 0.3) is 0 Å². The highest BCUT2D eigenvalue weighted by Crippen LogP contribution is 2.21. The van der Waals surface area contributed by atoms with E-state index in [1.54, 1.807) is 7.11 Å². The molecule has 0 aromatic rings. The van der Waals surface area contributed by atoms with Gasteiger partial charge >= 0.3 is 0 Å². The summed E-state index contributed by atoms with van der Waals surface area (Å²) in [5, 5.41) is 0. The Morgan fingerprint density at radius 3 is 2.76 bits per heavy atom. The smallest absolute Gasteiger partial charge is 0.225 e. The zero-order valence-electron chi connectivity index (χ0n) is 11.2. The molecule has 1 amide bonds. The minimum Gasteiger partial charge on any atom is -0.380 e. The van der Waals surface area contributed by atoms with Crippen LogP contribution in [0.4, 0.5) is 0 Å². The molecule has 0 saturated carbocycles. The maximum atomic E-state index is 12.1. The van der Waals surface area contributed by atoms with Gasteiger partial charge in [0.05, 0.1) is 24.2 Å². The van der Waals surface area contributed by atoms with Crippen LogP contribution in [0.5, 0.6) is 0 Å². The molecule has 2 atom stereocenters. The number of amides is 1. The maximum absolute atomic E-state index is 12.1. The van der Waals surface area contributed by atoms with Gasteiger partial charge in [0.1, 0.15) is 0 Å². The fourth-order valence-electron chi connectivity index (χ4n) is 2.23. The van der Waals surface area contributed by atoms with Crippen molar-refractivity contribution >= 4 is 5.91 Å². The van der Waals surface area contributed by atoms with E-state index in [0.29, 0.717) is 26.1 Å². The van der Waals surface area contributed by atoms with Crippen LogP contribution >= 0.6 is 0 Å². The average molecular weight is 244 g/mol. The highest BCUT2D eigenvalue weighted by Gasteiger charge is 2.34. The van der Waals surface area contributed by atoms with E-state index in [-0.39, 0.29) is 23.7 Å². The Morgan fingerprint density at radius 1 is 1.65 bits per heavy atom. The lowest BCUT2D eigenvalue weighted by atomic mass is 10.0. The molecule has 0 bridgehead atoms. The Hall–Kier alpha value is -0.650. The number of hydrogen-bond acceptors (Lipinski definition) is 4. The SMILES string of the molecule is COC(CN)CC(=O)N1CC(C)OC(C)(C)C1. The third-order valence-corrected chi connectivity index (χ3v) is 2.92. The highest BCUT2D eigenvalue weighted by molar-refractivity contribution is 5.77. The van der Waals surface area contributed by atoms with Gasteiger partial charge in [0.2, 0.25) is 5.91 Å². The average Bonchev–Trinajstić information content (AvgIpc) is 2.22. The summed E-state index contributed by atoms with van der Waals surface area (Å²) >= 11 is 0. The highest BCUT2D eigenvalue weighted by atomic mass is 16.5. The second-order valence-corrected chi connectivity index (χ2v) is 5.26. The summed E-state index contributed by atoms with van der Waals surface area (Å²) in [5.41, 5.74) is 5.24. The van der Waals surface area contributed by atoms with Gasteiger partial charge in [-0.25, -0.2) is 0 Å². The van der Waals surface area contributed by atoms with E-state index < -0.39 is 0 Å². The van der Waals surface area contributed by atoms with Gasteiger partial charge in [-0.15, -0.1) is 0 Å². The van der Waals surface area contributed by atoms with Gasteiger partial charge in [0.15, 0.2) is 0 Å². The largest absolute Gasteiger partial charge is 0.380 e. The number of hydrogen-bond donors (Lipinski definition) is 1. The Labute approximate surface area is 103 Å². The molecule has 0 aromatic heterocycles. The number of morpholine rings is 1. The van der Waals surface area contributed by atoms with Gasteiger partial charge in [-0.1, -0.05) is 0 Å². The molecule has 0 aromatic carbocycles. The van der Waals surface area contributed by atoms with Crippen LogP contribution in [0.2, 0.25) is 0 Å². The Kier molecular flexibility index (Phi) is 4.91. The molecule has 0 radical (unpaired) electrons. The first-order valence-corrected chi connectivity index (χ1v) is 6.06. The number of carbonyl (C=O) groups excluding carboxylic acids is 1. The minimum atomic E-state index is -0.279. The molecule has 1 heterocycles. The molecule has 17 heavy (non-hydrogen) atoms. The predicted molar refractivity (Wildman–Crippen MR) is 65.7 cm³/mol. The second-order valence-electron chi connectivity index (χ2n) is 5.26. The van der Waals surface area contributed by atoms with Crippen molar-refractivity contribution in [2.45, 2.75) is 45.0 Å². The van der Waals surface area contributed by atoms with Crippen LogP contribution in [0.1, 0.15) is 27.2 Å². The number of nitrogens with two attached hydrogens (primary N) is 1. The molecular formula is C12H24N2O3. The molecule has 0 spiro atoms. The fourth-order valence-corrected chi connectivity index (χ4v) is 2.23. The molecule has 1 saturated heterocycles. The van der Waals surface area contributed by atoms with Crippen LogP contribution in [0, 0.1) is 0 Å². The van der Waals surface area contributed by atoms with Crippen LogP contribution in [-0.4, -0.2) is 55.4 Å². The molecule has 100 valence electrons. The van der Waals surface area contributed by atoms with E-state index in [4.69, 9.17) is 15.2 Å². The van der Waals surface area contributed by atoms with Crippen LogP contribution in [-0.2, 0) is 14.3 Å². The summed E-state index contributed by atoms with van der Waals surface area (Å²) in [6.07, 6.45) is 0.223. The first-order valence-electron chi connectivity index (χ1n) is 6.06. The molecule has 2 unspecified atom stereocenters. The topological polar surface area (TPSA) is 64.8 Å². The molecule has 5 heteroatoms. The molecular weight excluding hydrogens is 220 g/mol. The third-order valence-electron chi connectivity index (χ3n) is 2.92. The van der Waals surface area contributed by atoms with Crippen LogP contribution in [0.3, 0.4) is 0 Å². The molecule has 1 aliphatic heterocycles. The lowest BCUT2D eigenvalue weighted by molar-refractivity contribution is -0.159. The molecule has 5 nitrogen and oxygen atoms in total. The van der Waals surface area contributed by atoms with Crippen molar-refractivity contribution in [2.75, 3.05) is 26.7 Å². The first kappa shape index (κ1) is 14.4. The number of rotatable bonds is 4. The first-order chi connectivity index (χ1) is 7.88. The van der Waals surface area contributed by atoms with E-state index in [0.717, 1.165) is 0 Å². The third kappa shape index (κ3) is 4.26. The van der Waals surface area contributed by atoms with E-state index >= 15 is 0 Å². The molecule has 1 aliphatic rings. The van der Waals surface area contributed by atoms with Gasteiger partial charge in [-0.2, -0.15) is 0 Å². The molecule has 2 N–H and O–H groups in total. The van der Waals surface area contributed by atoms with Gasteiger partial charge in [-0.3, -0.25) is 4.79 Å². The predicted octanol–water partition coefficient (Wildman–Crippen LogP) is 0.376. The number of nitrogens with zero attached hydrogens (tertiary/aromatic N) is 1. The van der Waals surface area contributed by atoms with Gasteiger partial charge in [-0.05, 0) is 20.8 Å². The van der Waals surface area contributed by atoms with E-state index in [9.17, 15) is 4.79 Å².